The average molecular weight is 387 g/mol. The van der Waals surface area contributed by atoms with E-state index >= 15 is 0 Å². The Bertz CT molecular complexity index is 1010. The number of nitrogens with zero attached hydrogens (tertiary/aromatic N) is 3. The molecule has 2 aromatic heterocycles. The van der Waals surface area contributed by atoms with Gasteiger partial charge in [-0.15, -0.1) is 11.3 Å². The number of aryl methyl sites for hydroxylation is 2. The monoisotopic (exact) mass is 386 g/mol. The number of benzene rings is 1. The van der Waals surface area contributed by atoms with Gasteiger partial charge in [0.05, 0.1) is 22.3 Å². The lowest BCUT2D eigenvalue weighted by Crippen LogP contribution is -2.23. The van der Waals surface area contributed by atoms with Gasteiger partial charge in [-0.25, -0.2) is 9.97 Å². The number of aromatic nitrogens is 2. The van der Waals surface area contributed by atoms with Crippen molar-refractivity contribution in [1.82, 2.24) is 9.97 Å². The smallest absolute Gasteiger partial charge is 0.232 e. The lowest BCUT2D eigenvalue weighted by molar-refractivity contribution is -0.117. The summed E-state index contributed by atoms with van der Waals surface area (Å²) in [4.78, 5) is 34.8. The first kappa shape index (κ1) is 17.1. The highest BCUT2D eigenvalue weighted by Gasteiger charge is 2.24. The molecule has 6 nitrogen and oxygen atoms in total. The maximum Gasteiger partial charge on any atom is 0.232 e. The summed E-state index contributed by atoms with van der Waals surface area (Å²) in [6.07, 6.45) is 1.61. The van der Waals surface area contributed by atoms with Crippen LogP contribution in [0.2, 0.25) is 0 Å². The van der Waals surface area contributed by atoms with Gasteiger partial charge in [-0.1, -0.05) is 17.4 Å². The summed E-state index contributed by atoms with van der Waals surface area (Å²) >= 11 is 2.88. The molecule has 0 radical (unpaired) electrons. The molecule has 3 heterocycles. The maximum absolute atomic E-state index is 12.3. The number of amides is 2. The topological polar surface area (TPSA) is 75.2 Å². The van der Waals surface area contributed by atoms with Crippen LogP contribution >= 0.6 is 22.7 Å². The number of carbonyl (C=O) groups excluding carboxylic acids is 2. The molecule has 4 rings (SSSR count). The van der Waals surface area contributed by atoms with Crippen molar-refractivity contribution in [1.29, 1.82) is 0 Å². The van der Waals surface area contributed by atoms with Crippen LogP contribution in [-0.2, 0) is 16.0 Å². The summed E-state index contributed by atoms with van der Waals surface area (Å²) in [7, 11) is 0. The van der Waals surface area contributed by atoms with Crippen LogP contribution in [0.25, 0.3) is 10.2 Å². The lowest BCUT2D eigenvalue weighted by Gasteiger charge is -2.10. The van der Waals surface area contributed by atoms with E-state index in [-0.39, 0.29) is 18.2 Å². The van der Waals surface area contributed by atoms with E-state index in [1.807, 2.05) is 12.3 Å². The zero-order valence-corrected chi connectivity index (χ0v) is 16.2. The van der Waals surface area contributed by atoms with Crippen LogP contribution in [0.15, 0.2) is 17.5 Å². The number of rotatable bonds is 4. The van der Waals surface area contributed by atoms with E-state index in [0.29, 0.717) is 28.9 Å². The molecule has 1 N–H and O–H groups in total. The van der Waals surface area contributed by atoms with E-state index in [0.717, 1.165) is 22.2 Å². The fourth-order valence-electron chi connectivity index (χ4n) is 3.10. The third-order valence-corrected chi connectivity index (χ3v) is 6.09. The Hall–Kier alpha value is -2.32. The largest absolute Gasteiger partial charge is 0.302 e. The highest BCUT2D eigenvalue weighted by molar-refractivity contribution is 7.22. The van der Waals surface area contributed by atoms with Crippen molar-refractivity contribution < 1.29 is 9.59 Å². The predicted molar refractivity (Wildman–Crippen MR) is 105 cm³/mol. The molecule has 0 saturated carbocycles. The Balaban J connectivity index is 1.45. The number of thiazole rings is 2. The van der Waals surface area contributed by atoms with Gasteiger partial charge in [0.15, 0.2) is 10.3 Å². The Morgan fingerprint density at radius 2 is 2.15 bits per heavy atom. The van der Waals surface area contributed by atoms with Crippen LogP contribution in [-0.4, -0.2) is 28.3 Å². The van der Waals surface area contributed by atoms with E-state index in [9.17, 15) is 9.59 Å². The molecular weight excluding hydrogens is 368 g/mol. The average Bonchev–Trinajstić information content (AvgIpc) is 3.27. The first-order chi connectivity index (χ1) is 12.5. The molecule has 1 fully saturated rings. The van der Waals surface area contributed by atoms with E-state index in [4.69, 9.17) is 0 Å². The highest BCUT2D eigenvalue weighted by Crippen LogP contribution is 2.30. The molecule has 1 aromatic carbocycles. The fourth-order valence-corrected chi connectivity index (χ4v) is 5.03. The first-order valence-corrected chi connectivity index (χ1v) is 10.1. The first-order valence-electron chi connectivity index (χ1n) is 8.42. The van der Waals surface area contributed by atoms with Gasteiger partial charge in [-0.3, -0.25) is 14.5 Å². The summed E-state index contributed by atoms with van der Waals surface area (Å²) in [5, 5.41) is 5.99. The van der Waals surface area contributed by atoms with Crippen molar-refractivity contribution in [2.75, 3.05) is 16.8 Å². The molecule has 1 aliphatic rings. The molecule has 0 atom stereocenters. The molecule has 8 heteroatoms. The summed E-state index contributed by atoms with van der Waals surface area (Å²) in [6, 6.07) is 4.17. The molecule has 2 amide bonds. The van der Waals surface area contributed by atoms with Crippen LogP contribution in [0.3, 0.4) is 0 Å². The van der Waals surface area contributed by atoms with Crippen LogP contribution < -0.4 is 10.2 Å². The summed E-state index contributed by atoms with van der Waals surface area (Å²) < 4.78 is 1.07. The minimum atomic E-state index is -0.150. The molecule has 0 aliphatic carbocycles. The Morgan fingerprint density at radius 3 is 2.92 bits per heavy atom. The summed E-state index contributed by atoms with van der Waals surface area (Å²) in [5.41, 5.74) is 3.90. The number of carbonyl (C=O) groups is 2. The molecule has 1 saturated heterocycles. The second kappa shape index (κ2) is 6.77. The summed E-state index contributed by atoms with van der Waals surface area (Å²) in [5.74, 6) is -0.0430. The number of hydrogen-bond donors (Lipinski definition) is 1. The van der Waals surface area contributed by atoms with Gasteiger partial charge in [0, 0.05) is 18.3 Å². The Morgan fingerprint density at radius 1 is 1.31 bits per heavy atom. The lowest BCUT2D eigenvalue weighted by atomic mass is 10.1. The van der Waals surface area contributed by atoms with Crippen molar-refractivity contribution >= 4 is 55.0 Å². The second-order valence-electron chi connectivity index (χ2n) is 6.44. The molecule has 0 unspecified atom stereocenters. The molecule has 26 heavy (non-hydrogen) atoms. The number of nitrogens with one attached hydrogen (secondary N) is 1. The Kier molecular flexibility index (Phi) is 4.46. The SMILES string of the molecule is Cc1cc(C)c2nc(NC(=O)Cc3csc(N4CCCC4=O)n3)sc2c1. The molecule has 0 spiro atoms. The maximum atomic E-state index is 12.3. The number of fused-ring (bicyclic) bond motifs is 1. The van der Waals surface area contributed by atoms with Gasteiger partial charge in [0.25, 0.3) is 0 Å². The molecule has 3 aromatic rings. The predicted octanol–water partition coefficient (Wildman–Crippen LogP) is 3.68. The molecule has 134 valence electrons. The Labute approximate surface area is 158 Å². The van der Waals surface area contributed by atoms with Gasteiger partial charge >= 0.3 is 0 Å². The zero-order valence-electron chi connectivity index (χ0n) is 14.5. The van der Waals surface area contributed by atoms with Crippen LogP contribution in [0, 0.1) is 13.8 Å². The number of hydrogen-bond acceptors (Lipinski definition) is 6. The van der Waals surface area contributed by atoms with Gasteiger partial charge in [-0.2, -0.15) is 0 Å². The van der Waals surface area contributed by atoms with E-state index in [1.165, 1.54) is 28.2 Å². The third kappa shape index (κ3) is 3.34. The molecule has 1 aliphatic heterocycles. The highest BCUT2D eigenvalue weighted by atomic mass is 32.1. The molecule has 0 bridgehead atoms. The van der Waals surface area contributed by atoms with Crippen molar-refractivity contribution in [2.24, 2.45) is 0 Å². The normalized spacial score (nSPS) is 14.4. The number of anilines is 2. The fraction of sp³-hybridized carbons (Fsp3) is 0.333. The van der Waals surface area contributed by atoms with Crippen LogP contribution in [0.5, 0.6) is 0 Å². The van der Waals surface area contributed by atoms with Gasteiger partial charge in [0.1, 0.15) is 0 Å². The third-order valence-electron chi connectivity index (χ3n) is 4.26. The second-order valence-corrected chi connectivity index (χ2v) is 8.31. The minimum absolute atomic E-state index is 0.107. The van der Waals surface area contributed by atoms with Crippen molar-refractivity contribution in [3.05, 3.63) is 34.3 Å². The van der Waals surface area contributed by atoms with Gasteiger partial charge in [0.2, 0.25) is 11.8 Å². The standard InChI is InChI=1S/C18H18N4O2S2/c1-10-6-11(2)16-13(7-10)26-17(21-16)20-14(23)8-12-9-25-18(19-12)22-5-3-4-15(22)24/h6-7,9H,3-5,8H2,1-2H3,(H,20,21,23). The van der Waals surface area contributed by atoms with Gasteiger partial charge < -0.3 is 5.32 Å². The van der Waals surface area contributed by atoms with Crippen molar-refractivity contribution in [3.8, 4) is 0 Å². The summed E-state index contributed by atoms with van der Waals surface area (Å²) in [6.45, 7) is 4.79. The van der Waals surface area contributed by atoms with Gasteiger partial charge in [-0.05, 0) is 37.5 Å². The van der Waals surface area contributed by atoms with Crippen molar-refractivity contribution in [3.63, 3.8) is 0 Å². The van der Waals surface area contributed by atoms with E-state index < -0.39 is 0 Å². The zero-order chi connectivity index (χ0) is 18.3. The van der Waals surface area contributed by atoms with E-state index in [2.05, 4.69) is 34.3 Å². The van der Waals surface area contributed by atoms with Crippen molar-refractivity contribution in [2.45, 2.75) is 33.1 Å². The van der Waals surface area contributed by atoms with Crippen LogP contribution in [0.1, 0.15) is 29.7 Å². The van der Waals surface area contributed by atoms with Crippen LogP contribution in [0.4, 0.5) is 10.3 Å². The minimum Gasteiger partial charge on any atom is -0.302 e. The van der Waals surface area contributed by atoms with E-state index in [1.54, 1.807) is 4.90 Å². The molecular formula is C18H18N4O2S2. The quantitative estimate of drug-likeness (QED) is 0.742.